The van der Waals surface area contributed by atoms with Crippen molar-refractivity contribution in [2.75, 3.05) is 34.4 Å². The summed E-state index contributed by atoms with van der Waals surface area (Å²) in [5, 5.41) is 0. The summed E-state index contributed by atoms with van der Waals surface area (Å²) in [6.45, 7) is 7.29. The predicted octanol–water partition coefficient (Wildman–Crippen LogP) is 4.73. The molecule has 2 rings (SSSR count). The lowest BCUT2D eigenvalue weighted by molar-refractivity contribution is 0.0465. The Kier molecular flexibility index (Phi) is 8.89. The van der Waals surface area contributed by atoms with E-state index in [1.54, 1.807) is 7.11 Å². The summed E-state index contributed by atoms with van der Waals surface area (Å²) >= 11 is 0. The van der Waals surface area contributed by atoms with Crippen LogP contribution in [0.1, 0.15) is 24.5 Å². The summed E-state index contributed by atoms with van der Waals surface area (Å²) in [4.78, 5) is 2.10. The minimum absolute atomic E-state index is 0.0444. The zero-order valence-electron chi connectivity index (χ0n) is 17.6. The van der Waals surface area contributed by atoms with Crippen molar-refractivity contribution in [3.8, 4) is 11.5 Å². The lowest BCUT2D eigenvalue weighted by Gasteiger charge is -2.24. The molecule has 4 heteroatoms. The van der Waals surface area contributed by atoms with Crippen molar-refractivity contribution in [2.45, 2.75) is 32.3 Å². The van der Waals surface area contributed by atoms with Crippen molar-refractivity contribution >= 4 is 0 Å². The van der Waals surface area contributed by atoms with Gasteiger partial charge in [-0.2, -0.15) is 0 Å². The van der Waals surface area contributed by atoms with Gasteiger partial charge >= 0.3 is 0 Å². The molecule has 28 heavy (non-hydrogen) atoms. The fraction of sp³-hybridized carbons (Fsp3) is 0.417. The number of nitrogens with zero attached hydrogens (tertiary/aromatic N) is 1. The van der Waals surface area contributed by atoms with Gasteiger partial charge in [-0.15, -0.1) is 0 Å². The van der Waals surface area contributed by atoms with Crippen LogP contribution >= 0.6 is 0 Å². The largest absolute Gasteiger partial charge is 0.497 e. The first kappa shape index (κ1) is 21.8. The third kappa shape index (κ3) is 7.28. The molecular formula is C24H33NO3. The maximum atomic E-state index is 6.16. The second-order valence-electron chi connectivity index (χ2n) is 7.16. The maximum absolute atomic E-state index is 6.16. The van der Waals surface area contributed by atoms with Crippen LogP contribution < -0.4 is 9.47 Å². The summed E-state index contributed by atoms with van der Waals surface area (Å²) in [6, 6.07) is 16.5. The molecule has 2 aromatic rings. The van der Waals surface area contributed by atoms with Crippen molar-refractivity contribution in [1.82, 2.24) is 4.90 Å². The van der Waals surface area contributed by atoms with Gasteiger partial charge in [0.2, 0.25) is 0 Å². The standard InChI is InChI=1S/C24H33NO3/c1-6-19(2)28-23(17-25(3)4)18-27-24-10-8-7-9-21(24)14-11-20-12-15-22(26-5)16-13-20/h7-10,12-13,15-16,23H,2,6,11,14,17-18H2,1,3-5H3. The summed E-state index contributed by atoms with van der Waals surface area (Å²) in [6.07, 6.45) is 2.64. The van der Waals surface area contributed by atoms with Crippen LogP contribution in [0.3, 0.4) is 0 Å². The molecule has 4 nitrogen and oxygen atoms in total. The average Bonchev–Trinajstić information content (AvgIpc) is 2.71. The molecule has 0 aliphatic rings. The molecule has 0 aromatic heterocycles. The molecule has 1 atom stereocenters. The van der Waals surface area contributed by atoms with Gasteiger partial charge in [0.05, 0.1) is 12.9 Å². The first-order valence-corrected chi connectivity index (χ1v) is 9.84. The number of rotatable bonds is 12. The van der Waals surface area contributed by atoms with Crippen LogP contribution in [0.4, 0.5) is 0 Å². The zero-order chi connectivity index (χ0) is 20.4. The van der Waals surface area contributed by atoms with E-state index in [-0.39, 0.29) is 6.10 Å². The van der Waals surface area contributed by atoms with E-state index in [4.69, 9.17) is 14.2 Å². The summed E-state index contributed by atoms with van der Waals surface area (Å²) in [5.41, 5.74) is 2.49. The average molecular weight is 384 g/mol. The quantitative estimate of drug-likeness (QED) is 0.496. The number of benzene rings is 2. The lowest BCUT2D eigenvalue weighted by atomic mass is 10.0. The molecule has 0 saturated carbocycles. The summed E-state index contributed by atoms with van der Waals surface area (Å²) in [7, 11) is 5.76. The van der Waals surface area contributed by atoms with Crippen molar-refractivity contribution < 1.29 is 14.2 Å². The number of methoxy groups -OCH3 is 1. The molecule has 0 amide bonds. The van der Waals surface area contributed by atoms with Gasteiger partial charge in [0.15, 0.2) is 0 Å². The number of para-hydroxylation sites is 1. The number of aryl methyl sites for hydroxylation is 2. The van der Waals surface area contributed by atoms with E-state index in [2.05, 4.69) is 35.7 Å². The molecule has 0 radical (unpaired) electrons. The van der Waals surface area contributed by atoms with Gasteiger partial charge in [-0.3, -0.25) is 0 Å². The first-order chi connectivity index (χ1) is 13.5. The molecule has 0 saturated heterocycles. The highest BCUT2D eigenvalue weighted by atomic mass is 16.5. The van der Waals surface area contributed by atoms with E-state index in [1.807, 2.05) is 45.3 Å². The highest BCUT2D eigenvalue weighted by Gasteiger charge is 2.14. The fourth-order valence-electron chi connectivity index (χ4n) is 2.96. The topological polar surface area (TPSA) is 30.9 Å². The van der Waals surface area contributed by atoms with Gasteiger partial charge in [0.25, 0.3) is 0 Å². The number of hydrogen-bond donors (Lipinski definition) is 0. The van der Waals surface area contributed by atoms with Crippen LogP contribution in [0.2, 0.25) is 0 Å². The van der Waals surface area contributed by atoms with E-state index < -0.39 is 0 Å². The van der Waals surface area contributed by atoms with Crippen LogP contribution in [-0.4, -0.2) is 45.4 Å². The third-order valence-corrected chi connectivity index (χ3v) is 4.54. The molecule has 0 heterocycles. The molecule has 152 valence electrons. The summed E-state index contributed by atoms with van der Waals surface area (Å²) in [5.74, 6) is 2.60. The van der Waals surface area contributed by atoms with Gasteiger partial charge in [0, 0.05) is 13.0 Å². The smallest absolute Gasteiger partial charge is 0.145 e. The zero-order valence-corrected chi connectivity index (χ0v) is 17.6. The Bertz CT molecular complexity index is 725. The van der Waals surface area contributed by atoms with E-state index in [0.717, 1.165) is 43.1 Å². The normalized spacial score (nSPS) is 11.9. The van der Waals surface area contributed by atoms with Gasteiger partial charge in [-0.1, -0.05) is 43.8 Å². The third-order valence-electron chi connectivity index (χ3n) is 4.54. The molecule has 0 bridgehead atoms. The predicted molar refractivity (Wildman–Crippen MR) is 115 cm³/mol. The molecule has 0 fully saturated rings. The maximum Gasteiger partial charge on any atom is 0.145 e. The molecule has 2 aromatic carbocycles. The van der Waals surface area contributed by atoms with Crippen LogP contribution in [0, 0.1) is 0 Å². The lowest BCUT2D eigenvalue weighted by Crippen LogP contribution is -2.33. The monoisotopic (exact) mass is 383 g/mol. The Morgan fingerprint density at radius 1 is 1.04 bits per heavy atom. The van der Waals surface area contributed by atoms with Crippen molar-refractivity contribution in [2.24, 2.45) is 0 Å². The molecule has 0 aliphatic heterocycles. The minimum Gasteiger partial charge on any atom is -0.497 e. The number of likely N-dealkylation sites (N-methyl/N-ethyl adjacent to an activating group) is 1. The van der Waals surface area contributed by atoms with Gasteiger partial charge < -0.3 is 19.1 Å². The van der Waals surface area contributed by atoms with Crippen molar-refractivity contribution in [1.29, 1.82) is 0 Å². The highest BCUT2D eigenvalue weighted by molar-refractivity contribution is 5.35. The van der Waals surface area contributed by atoms with E-state index in [1.165, 1.54) is 11.1 Å². The van der Waals surface area contributed by atoms with Crippen LogP contribution in [0.5, 0.6) is 11.5 Å². The molecule has 0 spiro atoms. The Balaban J connectivity index is 1.98. The van der Waals surface area contributed by atoms with E-state index in [0.29, 0.717) is 6.61 Å². The van der Waals surface area contributed by atoms with E-state index in [9.17, 15) is 0 Å². The summed E-state index contributed by atoms with van der Waals surface area (Å²) < 4.78 is 17.3. The molecule has 0 N–H and O–H groups in total. The fourth-order valence-corrected chi connectivity index (χ4v) is 2.96. The molecular weight excluding hydrogens is 350 g/mol. The van der Waals surface area contributed by atoms with Gasteiger partial charge in [-0.25, -0.2) is 0 Å². The van der Waals surface area contributed by atoms with Crippen molar-refractivity contribution in [3.05, 3.63) is 72.0 Å². The highest BCUT2D eigenvalue weighted by Crippen LogP contribution is 2.22. The van der Waals surface area contributed by atoms with Crippen LogP contribution in [-0.2, 0) is 17.6 Å². The van der Waals surface area contributed by atoms with Crippen molar-refractivity contribution in [3.63, 3.8) is 0 Å². The molecule has 0 aliphatic carbocycles. The first-order valence-electron chi connectivity index (χ1n) is 9.84. The SMILES string of the molecule is C=C(CC)OC(COc1ccccc1CCc1ccc(OC)cc1)CN(C)C. The van der Waals surface area contributed by atoms with Crippen LogP contribution in [0.15, 0.2) is 60.9 Å². The Morgan fingerprint density at radius 2 is 1.75 bits per heavy atom. The van der Waals surface area contributed by atoms with Gasteiger partial charge in [-0.05, 0) is 56.3 Å². The molecule has 1 unspecified atom stereocenters. The second kappa shape index (κ2) is 11.4. The Hall–Kier alpha value is -2.46. The van der Waals surface area contributed by atoms with Gasteiger partial charge in [0.1, 0.15) is 24.2 Å². The Labute approximate surface area is 169 Å². The Morgan fingerprint density at radius 3 is 2.39 bits per heavy atom. The number of allylic oxidation sites excluding steroid dienone is 1. The number of ether oxygens (including phenoxy) is 3. The van der Waals surface area contributed by atoms with Crippen LogP contribution in [0.25, 0.3) is 0 Å². The second-order valence-corrected chi connectivity index (χ2v) is 7.16. The number of hydrogen-bond acceptors (Lipinski definition) is 4. The van der Waals surface area contributed by atoms with E-state index >= 15 is 0 Å². The minimum atomic E-state index is -0.0444.